The molecule has 0 bridgehead atoms. The molecule has 1 fully saturated rings. The fourth-order valence-electron chi connectivity index (χ4n) is 3.23. The Kier molecular flexibility index (Phi) is 3.26. The molecule has 1 heterocycles. The average Bonchev–Trinajstić information content (AvgIpc) is 2.29. The van der Waals surface area contributed by atoms with Gasteiger partial charge in [-0.05, 0) is 12.8 Å². The van der Waals surface area contributed by atoms with Crippen molar-refractivity contribution in [3.05, 3.63) is 11.4 Å². The van der Waals surface area contributed by atoms with E-state index in [1.54, 1.807) is 0 Å². The van der Waals surface area contributed by atoms with Gasteiger partial charge in [-0.2, -0.15) is 5.26 Å². The van der Waals surface area contributed by atoms with Gasteiger partial charge in [-0.25, -0.2) is 0 Å². The van der Waals surface area contributed by atoms with Crippen LogP contribution in [0.4, 0.5) is 0 Å². The fraction of sp³-hybridized carbons (Fsp3) is 0.583. The van der Waals surface area contributed by atoms with Crippen molar-refractivity contribution in [2.75, 3.05) is 0 Å². The smallest absolute Gasteiger partial charge is 0.228 e. The number of nitriles is 1. The molecular weight excluding hydrogens is 248 g/mol. The van der Waals surface area contributed by atoms with Crippen LogP contribution in [-0.2, 0) is 4.79 Å². The van der Waals surface area contributed by atoms with Crippen LogP contribution in [0.5, 0.6) is 0 Å². The zero-order chi connectivity index (χ0) is 13.3. The Morgan fingerprint density at radius 1 is 1.44 bits per heavy atom. The molecule has 1 aliphatic heterocycles. The number of hydrogen-bond donors (Lipinski definition) is 3. The molecule has 1 aliphatic carbocycles. The lowest BCUT2D eigenvalue weighted by Crippen LogP contribution is -2.55. The first-order valence-electron chi connectivity index (χ1n) is 6.03. The summed E-state index contributed by atoms with van der Waals surface area (Å²) < 4.78 is 0. The summed E-state index contributed by atoms with van der Waals surface area (Å²) in [5, 5.41) is 12.1. The molecule has 18 heavy (non-hydrogen) atoms. The van der Waals surface area contributed by atoms with E-state index in [-0.39, 0.29) is 5.82 Å². The summed E-state index contributed by atoms with van der Waals surface area (Å²) in [6.45, 7) is 0. The second-order valence-corrected chi connectivity index (χ2v) is 5.38. The summed E-state index contributed by atoms with van der Waals surface area (Å²) >= 11 is 5.20. The number of allylic oxidation sites excluding steroid dienone is 1. The van der Waals surface area contributed by atoms with Gasteiger partial charge in [0.15, 0.2) is 0 Å². The van der Waals surface area contributed by atoms with E-state index in [1.807, 2.05) is 0 Å². The lowest BCUT2D eigenvalue weighted by atomic mass is 9.60. The Balaban J connectivity index is 2.57. The van der Waals surface area contributed by atoms with E-state index >= 15 is 0 Å². The van der Waals surface area contributed by atoms with Crippen LogP contribution < -0.4 is 16.8 Å². The van der Waals surface area contributed by atoms with Gasteiger partial charge in [-0.3, -0.25) is 4.79 Å². The number of nitrogens with one attached hydrogen (secondary N) is 1. The van der Waals surface area contributed by atoms with Crippen molar-refractivity contribution in [1.82, 2.24) is 5.32 Å². The molecule has 1 saturated carbocycles. The lowest BCUT2D eigenvalue weighted by molar-refractivity contribution is -0.123. The van der Waals surface area contributed by atoms with Gasteiger partial charge in [0, 0.05) is 5.41 Å². The topological polar surface area (TPSA) is 105 Å². The third kappa shape index (κ3) is 1.75. The van der Waals surface area contributed by atoms with Crippen molar-refractivity contribution in [1.29, 1.82) is 5.26 Å². The maximum Gasteiger partial charge on any atom is 0.228 e. The Morgan fingerprint density at radius 2 is 2.06 bits per heavy atom. The highest BCUT2D eigenvalue weighted by Gasteiger charge is 2.51. The van der Waals surface area contributed by atoms with Gasteiger partial charge in [-0.15, -0.1) is 0 Å². The van der Waals surface area contributed by atoms with Gasteiger partial charge in [0.1, 0.15) is 5.82 Å². The summed E-state index contributed by atoms with van der Waals surface area (Å²) in [6, 6.07) is 2.14. The molecule has 1 spiro atoms. The molecule has 0 radical (unpaired) electrons. The molecule has 0 aromatic rings. The van der Waals surface area contributed by atoms with Crippen LogP contribution in [0.1, 0.15) is 32.1 Å². The second kappa shape index (κ2) is 4.58. The molecule has 1 unspecified atom stereocenters. The molecule has 5 N–H and O–H groups in total. The van der Waals surface area contributed by atoms with Crippen molar-refractivity contribution in [2.45, 2.75) is 32.1 Å². The largest absolute Gasteiger partial charge is 0.384 e. The van der Waals surface area contributed by atoms with Crippen LogP contribution in [0, 0.1) is 22.7 Å². The Bertz CT molecular complexity index is 471. The van der Waals surface area contributed by atoms with Gasteiger partial charge in [0.2, 0.25) is 5.91 Å². The number of thiocarbonyl (C=S) groups is 1. The Labute approximate surface area is 111 Å². The molecule has 96 valence electrons. The minimum Gasteiger partial charge on any atom is -0.384 e. The maximum absolute atomic E-state index is 11.7. The number of nitrogens with zero attached hydrogens (tertiary/aromatic N) is 1. The van der Waals surface area contributed by atoms with E-state index in [1.165, 1.54) is 0 Å². The number of rotatable bonds is 1. The molecule has 1 amide bonds. The molecule has 5 nitrogen and oxygen atoms in total. The van der Waals surface area contributed by atoms with E-state index < -0.39 is 17.2 Å². The molecule has 2 rings (SSSR count). The predicted molar refractivity (Wildman–Crippen MR) is 70.8 cm³/mol. The van der Waals surface area contributed by atoms with Crippen LogP contribution in [0.25, 0.3) is 0 Å². The zero-order valence-electron chi connectivity index (χ0n) is 10.0. The van der Waals surface area contributed by atoms with Crippen molar-refractivity contribution < 1.29 is 4.79 Å². The summed E-state index contributed by atoms with van der Waals surface area (Å²) in [5.41, 5.74) is 11.2. The minimum absolute atomic E-state index is 0.280. The van der Waals surface area contributed by atoms with Gasteiger partial charge < -0.3 is 16.8 Å². The average molecular weight is 264 g/mol. The van der Waals surface area contributed by atoms with E-state index in [0.717, 1.165) is 32.1 Å². The Hall–Kier alpha value is -1.61. The lowest BCUT2D eigenvalue weighted by Gasteiger charge is -2.45. The maximum atomic E-state index is 11.7. The predicted octanol–water partition coefficient (Wildman–Crippen LogP) is 0.663. The van der Waals surface area contributed by atoms with Gasteiger partial charge in [-0.1, -0.05) is 31.5 Å². The zero-order valence-corrected chi connectivity index (χ0v) is 10.8. The van der Waals surface area contributed by atoms with Crippen molar-refractivity contribution in [3.8, 4) is 6.07 Å². The van der Waals surface area contributed by atoms with Crippen LogP contribution in [0.3, 0.4) is 0 Å². The molecule has 6 heteroatoms. The summed E-state index contributed by atoms with van der Waals surface area (Å²) in [6.07, 6.45) is 4.51. The van der Waals surface area contributed by atoms with Crippen LogP contribution >= 0.6 is 12.2 Å². The number of nitrogens with two attached hydrogens (primary N) is 2. The number of hydrogen-bond acceptors (Lipinski definition) is 4. The van der Waals surface area contributed by atoms with Crippen molar-refractivity contribution in [2.24, 2.45) is 22.8 Å². The van der Waals surface area contributed by atoms with Gasteiger partial charge in [0.05, 0.1) is 22.5 Å². The third-order valence-electron chi connectivity index (χ3n) is 3.98. The SMILES string of the molecule is N#CC1=C(N)NC(=S)C(C(N)=O)C12CCCCC2. The van der Waals surface area contributed by atoms with Crippen molar-refractivity contribution in [3.63, 3.8) is 0 Å². The monoisotopic (exact) mass is 264 g/mol. The number of primary amides is 1. The second-order valence-electron chi connectivity index (χ2n) is 4.94. The van der Waals surface area contributed by atoms with E-state index in [2.05, 4.69) is 11.4 Å². The van der Waals surface area contributed by atoms with Gasteiger partial charge >= 0.3 is 0 Å². The molecule has 2 aliphatic rings. The van der Waals surface area contributed by atoms with Crippen LogP contribution in [0.2, 0.25) is 0 Å². The molecular formula is C12H16N4OS. The number of carbonyl (C=O) groups excluding carboxylic acids is 1. The number of amides is 1. The fourth-order valence-corrected chi connectivity index (χ4v) is 3.68. The van der Waals surface area contributed by atoms with Gasteiger partial charge in [0.25, 0.3) is 0 Å². The molecule has 0 aromatic heterocycles. The molecule has 0 saturated heterocycles. The van der Waals surface area contributed by atoms with Crippen LogP contribution in [-0.4, -0.2) is 10.9 Å². The number of carbonyl (C=O) groups is 1. The third-order valence-corrected chi connectivity index (χ3v) is 4.32. The standard InChI is InChI=1S/C12H16N4OS/c13-6-7-9(14)16-11(18)8(10(15)17)12(7)4-2-1-3-5-12/h8H,1-5,14H2,(H2,15,17)(H,16,18). The highest BCUT2D eigenvalue weighted by molar-refractivity contribution is 7.80. The van der Waals surface area contributed by atoms with Crippen molar-refractivity contribution >= 4 is 23.1 Å². The Morgan fingerprint density at radius 3 is 2.56 bits per heavy atom. The van der Waals surface area contributed by atoms with E-state index in [4.69, 9.17) is 23.7 Å². The summed E-state index contributed by atoms with van der Waals surface area (Å²) in [7, 11) is 0. The summed E-state index contributed by atoms with van der Waals surface area (Å²) in [4.78, 5) is 12.1. The molecule has 1 atom stereocenters. The van der Waals surface area contributed by atoms with E-state index in [9.17, 15) is 10.1 Å². The molecule has 0 aromatic carbocycles. The first kappa shape index (κ1) is 12.8. The quantitative estimate of drug-likeness (QED) is 0.603. The highest BCUT2D eigenvalue weighted by Crippen LogP contribution is 2.50. The normalized spacial score (nSPS) is 26.6. The summed E-state index contributed by atoms with van der Waals surface area (Å²) in [5.74, 6) is -0.814. The van der Waals surface area contributed by atoms with Crippen LogP contribution in [0.15, 0.2) is 11.4 Å². The highest BCUT2D eigenvalue weighted by atomic mass is 32.1. The van der Waals surface area contributed by atoms with E-state index in [0.29, 0.717) is 10.6 Å². The first-order valence-corrected chi connectivity index (χ1v) is 6.44. The first-order chi connectivity index (χ1) is 8.53. The minimum atomic E-state index is -0.616.